The van der Waals surface area contributed by atoms with Gasteiger partial charge in [-0.2, -0.15) is 0 Å². The maximum absolute atomic E-state index is 13.0. The van der Waals surface area contributed by atoms with Gasteiger partial charge in [-0.15, -0.1) is 0 Å². The molecule has 0 aromatic carbocycles. The minimum Gasteiger partial charge on any atom is -0.462 e. The van der Waals surface area contributed by atoms with Gasteiger partial charge in [0.2, 0.25) is 0 Å². The van der Waals surface area contributed by atoms with Crippen LogP contribution in [0.5, 0.6) is 0 Å². The second kappa shape index (κ2) is 37.1. The van der Waals surface area contributed by atoms with Crippen molar-refractivity contribution in [2.45, 2.75) is 185 Å². The zero-order valence-electron chi connectivity index (χ0n) is 38.7. The third-order valence-corrected chi connectivity index (χ3v) is 11.5. The van der Waals surface area contributed by atoms with E-state index in [0.29, 0.717) is 19.3 Å². The Balaban J connectivity index is 2.73. The molecule has 1 aliphatic carbocycles. The number of phosphoric acid groups is 2. The van der Waals surface area contributed by atoms with Crippen molar-refractivity contribution in [3.8, 4) is 0 Å². The lowest BCUT2D eigenvalue weighted by Gasteiger charge is -2.43. The van der Waals surface area contributed by atoms with E-state index in [0.717, 1.165) is 38.5 Å². The molecule has 0 spiro atoms. The van der Waals surface area contributed by atoms with Crippen molar-refractivity contribution in [2.75, 3.05) is 13.2 Å². The van der Waals surface area contributed by atoms with E-state index in [4.69, 9.17) is 28.3 Å². The predicted molar refractivity (Wildman–Crippen MR) is 251 cm³/mol. The van der Waals surface area contributed by atoms with Gasteiger partial charge < -0.3 is 49.7 Å². The zero-order valence-corrected chi connectivity index (χ0v) is 40.5. The fourth-order valence-corrected chi connectivity index (χ4v) is 7.91. The number of rotatable bonds is 37. The molecule has 0 bridgehead atoms. The van der Waals surface area contributed by atoms with Gasteiger partial charge in [0.25, 0.3) is 0 Å². The van der Waals surface area contributed by atoms with E-state index in [-0.39, 0.29) is 25.7 Å². The number of hydrogen-bond acceptors (Lipinski definition) is 14. The minimum absolute atomic E-state index is 0.0498. The first-order valence-corrected chi connectivity index (χ1v) is 26.3. The first kappa shape index (κ1) is 61.2. The first-order chi connectivity index (χ1) is 31.5. The quantitative estimate of drug-likeness (QED) is 0.00979. The molecule has 9 atom stereocenters. The van der Waals surface area contributed by atoms with Gasteiger partial charge >= 0.3 is 27.6 Å². The number of esters is 2. The van der Waals surface area contributed by atoms with Gasteiger partial charge in [-0.25, -0.2) is 9.13 Å². The van der Waals surface area contributed by atoms with E-state index in [1.54, 1.807) is 12.2 Å². The zero-order chi connectivity index (χ0) is 49.1. The van der Waals surface area contributed by atoms with Crippen molar-refractivity contribution in [1.29, 1.82) is 0 Å². The van der Waals surface area contributed by atoms with Crippen LogP contribution < -0.4 is 0 Å². The first-order valence-electron chi connectivity index (χ1n) is 23.2. The van der Waals surface area contributed by atoms with Crippen LogP contribution in [-0.2, 0) is 41.8 Å². The van der Waals surface area contributed by atoms with Crippen LogP contribution in [-0.4, -0.2) is 114 Å². The molecule has 378 valence electrons. The van der Waals surface area contributed by atoms with E-state index in [1.807, 2.05) is 24.3 Å². The van der Waals surface area contributed by atoms with E-state index in [9.17, 15) is 49.1 Å². The molecule has 1 rings (SSSR count). The Kier molecular flexibility index (Phi) is 34.4. The Bertz CT molecular complexity index is 1620. The fraction of sp³-hybridized carbons (Fsp3) is 0.660. The number of allylic oxidation sites excluding steroid dienone is 13. The van der Waals surface area contributed by atoms with Crippen molar-refractivity contribution >= 4 is 27.6 Å². The van der Waals surface area contributed by atoms with Gasteiger partial charge in [-0.05, 0) is 83.5 Å². The van der Waals surface area contributed by atoms with Crippen LogP contribution in [0.3, 0.4) is 0 Å². The van der Waals surface area contributed by atoms with E-state index < -0.39 is 89.6 Å². The fourth-order valence-electron chi connectivity index (χ4n) is 6.37. The number of carbonyl (C=O) groups excluding carboxylic acids is 2. The lowest BCUT2D eigenvalue weighted by molar-refractivity contribution is -0.216. The average molecular weight is 977 g/mol. The molecular formula is C47H78O17P2. The topological polar surface area (TPSA) is 276 Å². The predicted octanol–water partition coefficient (Wildman–Crippen LogP) is 7.58. The van der Waals surface area contributed by atoms with E-state index in [2.05, 4.69) is 67.0 Å². The number of phosphoric ester groups is 2. The number of carbonyl (C=O) groups is 2. The molecule has 1 fully saturated rings. The van der Waals surface area contributed by atoms with Crippen LogP contribution >= 0.6 is 15.6 Å². The highest BCUT2D eigenvalue weighted by atomic mass is 31.2. The maximum Gasteiger partial charge on any atom is 0.472 e. The maximum atomic E-state index is 13.0. The lowest BCUT2D eigenvalue weighted by Crippen LogP contribution is -2.64. The average Bonchev–Trinajstić information content (AvgIpc) is 3.26. The van der Waals surface area contributed by atoms with Gasteiger partial charge in [0, 0.05) is 12.8 Å². The summed E-state index contributed by atoms with van der Waals surface area (Å²) in [4.78, 5) is 54.2. The van der Waals surface area contributed by atoms with E-state index in [1.165, 1.54) is 38.5 Å². The molecule has 0 aliphatic heterocycles. The summed E-state index contributed by atoms with van der Waals surface area (Å²) >= 11 is 0. The molecule has 1 aliphatic rings. The molecular weight excluding hydrogens is 898 g/mol. The number of ether oxygens (including phenoxy) is 2. The minimum atomic E-state index is -5.39. The summed E-state index contributed by atoms with van der Waals surface area (Å²) < 4.78 is 49.1. The summed E-state index contributed by atoms with van der Waals surface area (Å²) in [5.74, 6) is -1.46. The third kappa shape index (κ3) is 31.2. The summed E-state index contributed by atoms with van der Waals surface area (Å²) in [6.07, 6.45) is 27.1. The van der Waals surface area contributed by atoms with Crippen molar-refractivity contribution < 1.29 is 82.0 Å². The molecule has 0 heterocycles. The Hall–Kier alpha value is -2.86. The van der Waals surface area contributed by atoms with Gasteiger partial charge in [0.1, 0.15) is 43.2 Å². The summed E-state index contributed by atoms with van der Waals surface area (Å²) in [5, 5.41) is 51.5. The van der Waals surface area contributed by atoms with Gasteiger partial charge in [-0.3, -0.25) is 23.2 Å². The van der Waals surface area contributed by atoms with Crippen LogP contribution in [0.25, 0.3) is 0 Å². The Morgan fingerprint density at radius 3 is 1.58 bits per heavy atom. The standard InChI is InChI=1S/C47H78O17P2/c1-3-5-7-9-11-13-15-17-18-20-22-24-26-28-30-34-41(50)62-39(37-61-66(58,59)64-47-44(53)42(51)43(52)46(45(47)54)63-65(55,56)57)36-60-40(49)35-31-33-38(48)32-29-27-25-23-21-19-16-14-12-10-8-6-4-2/h11-14,17-19,21-22,24-25,27,29,32,38-39,42-48,51-54H,3-10,15-16,20,23,26,28,30-31,33-37H2,1-2H3,(H,58,59)(H2,55,56,57)/b13-11-,14-12-,18-17-,21-19-,24-22-,27-25-,32-29+/t38-,39-,42?,43?,44?,45?,46-,47+/m1/s1. The number of aliphatic hydroxyl groups is 5. The Morgan fingerprint density at radius 1 is 0.561 bits per heavy atom. The normalized spacial score (nSPS) is 22.8. The number of aliphatic hydroxyl groups excluding tert-OH is 5. The van der Waals surface area contributed by atoms with Gasteiger partial charge in [0.05, 0.1) is 12.7 Å². The molecule has 17 nitrogen and oxygen atoms in total. The largest absolute Gasteiger partial charge is 0.472 e. The number of unbranched alkanes of at least 4 members (excludes halogenated alkanes) is 8. The second-order valence-electron chi connectivity index (χ2n) is 16.0. The van der Waals surface area contributed by atoms with Crippen molar-refractivity contribution in [3.05, 3.63) is 85.1 Å². The number of hydrogen-bond donors (Lipinski definition) is 8. The molecule has 66 heavy (non-hydrogen) atoms. The van der Waals surface area contributed by atoms with Gasteiger partial charge in [-0.1, -0.05) is 125 Å². The lowest BCUT2D eigenvalue weighted by atomic mass is 9.85. The highest BCUT2D eigenvalue weighted by Gasteiger charge is 2.54. The molecule has 0 aromatic heterocycles. The molecule has 8 N–H and O–H groups in total. The molecule has 0 amide bonds. The summed E-state index contributed by atoms with van der Waals surface area (Å²) in [6, 6.07) is 0. The van der Waals surface area contributed by atoms with Crippen molar-refractivity contribution in [1.82, 2.24) is 0 Å². The summed E-state index contributed by atoms with van der Waals surface area (Å²) in [5.41, 5.74) is 0. The van der Waals surface area contributed by atoms with Crippen molar-refractivity contribution in [2.24, 2.45) is 0 Å². The van der Waals surface area contributed by atoms with E-state index >= 15 is 0 Å². The molecule has 19 heteroatoms. The van der Waals surface area contributed by atoms with Crippen LogP contribution in [0.15, 0.2) is 85.1 Å². The highest BCUT2D eigenvalue weighted by molar-refractivity contribution is 7.47. The van der Waals surface area contributed by atoms with Crippen LogP contribution in [0, 0.1) is 0 Å². The van der Waals surface area contributed by atoms with Crippen LogP contribution in [0.2, 0.25) is 0 Å². The summed E-state index contributed by atoms with van der Waals surface area (Å²) in [6.45, 7) is 2.83. The molecule has 0 radical (unpaired) electrons. The van der Waals surface area contributed by atoms with Crippen LogP contribution in [0.1, 0.15) is 136 Å². The molecule has 5 unspecified atom stereocenters. The summed E-state index contributed by atoms with van der Waals surface area (Å²) in [7, 11) is -10.8. The smallest absolute Gasteiger partial charge is 0.462 e. The molecule has 0 saturated heterocycles. The molecule has 0 aromatic rings. The van der Waals surface area contributed by atoms with Gasteiger partial charge in [0.15, 0.2) is 6.10 Å². The Morgan fingerprint density at radius 2 is 1.05 bits per heavy atom. The second-order valence-corrected chi connectivity index (χ2v) is 18.6. The monoisotopic (exact) mass is 976 g/mol. The SMILES string of the molecule is CCCCC/C=C\C/C=C\C/C=C\C=C\[C@@H](O)CCCC(=O)OC[C@H](COP(=O)(O)O[C@H]1C(O)C(O)C(O)[C@@H](OP(=O)(O)O)C1O)OC(=O)CCCC/C=C\C/C=C\C/C=C\CCCCC. The molecule has 1 saturated carbocycles. The Labute approximate surface area is 391 Å². The highest BCUT2D eigenvalue weighted by Crippen LogP contribution is 2.49. The third-order valence-electron chi connectivity index (χ3n) is 10.0. The van der Waals surface area contributed by atoms with Crippen molar-refractivity contribution in [3.63, 3.8) is 0 Å². The van der Waals surface area contributed by atoms with Crippen LogP contribution in [0.4, 0.5) is 0 Å².